The smallest absolute Gasteiger partial charge is 0.270 e. The number of nitrogens with zero attached hydrogens (tertiary/aromatic N) is 1. The average molecular weight is 355 g/mol. The van der Waals surface area contributed by atoms with Crippen molar-refractivity contribution in [2.45, 2.75) is 0 Å². The molecule has 0 aliphatic rings. The molecule has 0 fully saturated rings. The molecule has 21 heavy (non-hydrogen) atoms. The number of nitro groups is 1. The van der Waals surface area contributed by atoms with Crippen LogP contribution in [0.25, 0.3) is 0 Å². The van der Waals surface area contributed by atoms with Crippen LogP contribution in [0, 0.1) is 15.9 Å². The van der Waals surface area contributed by atoms with Gasteiger partial charge in [0.15, 0.2) is 0 Å². The summed E-state index contributed by atoms with van der Waals surface area (Å²) in [6, 6.07) is 7.23. The highest BCUT2D eigenvalue weighted by atomic mass is 79.9. The molecule has 0 spiro atoms. The van der Waals surface area contributed by atoms with Crippen molar-refractivity contribution in [1.82, 2.24) is 0 Å². The third-order valence-electron chi connectivity index (χ3n) is 2.50. The van der Waals surface area contributed by atoms with E-state index >= 15 is 0 Å². The molecule has 1 amide bonds. The molecular weight excluding hydrogens is 347 g/mol. The van der Waals surface area contributed by atoms with E-state index < -0.39 is 16.6 Å². The van der Waals surface area contributed by atoms with E-state index in [1.54, 1.807) is 0 Å². The molecule has 0 aliphatic heterocycles. The monoisotopic (exact) mass is 354 g/mol. The lowest BCUT2D eigenvalue weighted by molar-refractivity contribution is -0.384. The Balaban J connectivity index is 2.43. The van der Waals surface area contributed by atoms with Crippen LogP contribution in [0.4, 0.5) is 10.1 Å². The van der Waals surface area contributed by atoms with Crippen molar-refractivity contribution < 1.29 is 18.8 Å². The zero-order valence-electron chi connectivity index (χ0n) is 10.4. The number of nitro benzene ring substituents is 1. The number of carbonyl (C=O) groups excluding carboxylic acids is 1. The highest BCUT2D eigenvalue weighted by Crippen LogP contribution is 2.30. The summed E-state index contributed by atoms with van der Waals surface area (Å²) in [6.07, 6.45) is 0. The maximum Gasteiger partial charge on any atom is 0.270 e. The van der Waals surface area contributed by atoms with E-state index in [4.69, 9.17) is 10.5 Å². The first-order valence-electron chi connectivity index (χ1n) is 5.59. The van der Waals surface area contributed by atoms with Crippen molar-refractivity contribution in [2.75, 3.05) is 0 Å². The number of nitrogens with two attached hydrogens (primary N) is 1. The number of ether oxygens (including phenoxy) is 1. The van der Waals surface area contributed by atoms with Gasteiger partial charge in [0.25, 0.3) is 11.6 Å². The normalized spacial score (nSPS) is 10.2. The number of hydrogen-bond acceptors (Lipinski definition) is 4. The maximum atomic E-state index is 13.3. The number of halogens is 2. The highest BCUT2D eigenvalue weighted by Gasteiger charge is 2.16. The first-order chi connectivity index (χ1) is 9.86. The van der Waals surface area contributed by atoms with Crippen LogP contribution in [0.1, 0.15) is 10.4 Å². The fraction of sp³-hybridized carbons (Fsp3) is 0. The van der Waals surface area contributed by atoms with Crippen LogP contribution in [0.2, 0.25) is 0 Å². The Hall–Kier alpha value is -2.48. The van der Waals surface area contributed by atoms with Gasteiger partial charge >= 0.3 is 0 Å². The molecule has 0 aromatic heterocycles. The van der Waals surface area contributed by atoms with E-state index in [1.807, 2.05) is 0 Å². The topological polar surface area (TPSA) is 95.5 Å². The van der Waals surface area contributed by atoms with E-state index in [0.717, 1.165) is 18.2 Å². The lowest BCUT2D eigenvalue weighted by Gasteiger charge is -2.09. The lowest BCUT2D eigenvalue weighted by atomic mass is 10.1. The second kappa shape index (κ2) is 5.88. The fourth-order valence-electron chi connectivity index (χ4n) is 1.63. The van der Waals surface area contributed by atoms with E-state index in [1.165, 1.54) is 18.2 Å². The first kappa shape index (κ1) is 14.9. The molecule has 6 nitrogen and oxygen atoms in total. The van der Waals surface area contributed by atoms with Crippen LogP contribution in [-0.4, -0.2) is 10.8 Å². The molecule has 0 saturated carbocycles. The minimum atomic E-state index is -0.885. The van der Waals surface area contributed by atoms with Crippen molar-refractivity contribution in [2.24, 2.45) is 5.73 Å². The Morgan fingerprint density at radius 3 is 2.57 bits per heavy atom. The molecule has 0 radical (unpaired) electrons. The summed E-state index contributed by atoms with van der Waals surface area (Å²) in [5.41, 5.74) is 4.71. The van der Waals surface area contributed by atoms with Crippen molar-refractivity contribution in [3.05, 3.63) is 62.4 Å². The molecule has 2 N–H and O–H groups in total. The summed E-state index contributed by atoms with van der Waals surface area (Å²) in [7, 11) is 0. The molecule has 0 saturated heterocycles. The summed E-state index contributed by atoms with van der Waals surface area (Å²) >= 11 is 3.10. The van der Waals surface area contributed by atoms with Gasteiger partial charge in [-0.3, -0.25) is 14.9 Å². The third-order valence-corrected chi connectivity index (χ3v) is 2.96. The largest absolute Gasteiger partial charge is 0.456 e. The Morgan fingerprint density at radius 2 is 2.00 bits per heavy atom. The van der Waals surface area contributed by atoms with Gasteiger partial charge in [-0.15, -0.1) is 0 Å². The number of rotatable bonds is 4. The second-order valence-corrected chi connectivity index (χ2v) is 4.92. The van der Waals surface area contributed by atoms with Crippen molar-refractivity contribution in [3.63, 3.8) is 0 Å². The SMILES string of the molecule is NC(=O)c1cc([N+](=O)[O-])ccc1Oc1cc(F)cc(Br)c1. The molecule has 8 heteroatoms. The van der Waals surface area contributed by atoms with Gasteiger partial charge in [0.05, 0.1) is 10.5 Å². The van der Waals surface area contributed by atoms with Gasteiger partial charge in [-0.1, -0.05) is 15.9 Å². The third kappa shape index (κ3) is 3.54. The van der Waals surface area contributed by atoms with E-state index in [9.17, 15) is 19.3 Å². The Bertz CT molecular complexity index is 716. The summed E-state index contributed by atoms with van der Waals surface area (Å²) in [6.45, 7) is 0. The number of amides is 1. The first-order valence-corrected chi connectivity index (χ1v) is 6.38. The number of non-ortho nitro benzene ring substituents is 1. The molecule has 0 atom stereocenters. The van der Waals surface area contributed by atoms with Gasteiger partial charge in [0, 0.05) is 22.7 Å². The molecule has 2 aromatic carbocycles. The van der Waals surface area contributed by atoms with Gasteiger partial charge in [0.2, 0.25) is 0 Å². The zero-order chi connectivity index (χ0) is 15.6. The minimum absolute atomic E-state index is 0.00519. The molecule has 2 aromatic rings. The van der Waals surface area contributed by atoms with Gasteiger partial charge < -0.3 is 10.5 Å². The van der Waals surface area contributed by atoms with Crippen LogP contribution in [0.3, 0.4) is 0 Å². The van der Waals surface area contributed by atoms with Crippen LogP contribution < -0.4 is 10.5 Å². The predicted molar refractivity (Wildman–Crippen MR) is 75.8 cm³/mol. The maximum absolute atomic E-state index is 13.3. The Kier molecular flexibility index (Phi) is 4.18. The van der Waals surface area contributed by atoms with Gasteiger partial charge in [-0.25, -0.2) is 4.39 Å². The Labute approximate surface area is 126 Å². The molecule has 108 valence electrons. The fourth-order valence-corrected chi connectivity index (χ4v) is 2.07. The van der Waals surface area contributed by atoms with E-state index in [2.05, 4.69) is 15.9 Å². The standard InChI is InChI=1S/C13H8BrFN2O4/c14-7-3-8(15)5-10(4-7)21-12-2-1-9(17(19)20)6-11(12)13(16)18/h1-6H,(H2,16,18). The summed E-state index contributed by atoms with van der Waals surface area (Å²) < 4.78 is 19.1. The van der Waals surface area contributed by atoms with Crippen LogP contribution in [0.5, 0.6) is 11.5 Å². The summed E-state index contributed by atoms with van der Waals surface area (Å²) in [4.78, 5) is 21.4. The number of hydrogen-bond donors (Lipinski definition) is 1. The molecule has 0 heterocycles. The highest BCUT2D eigenvalue weighted by molar-refractivity contribution is 9.10. The summed E-state index contributed by atoms with van der Waals surface area (Å²) in [5, 5.41) is 10.7. The zero-order valence-corrected chi connectivity index (χ0v) is 12.0. The van der Waals surface area contributed by atoms with Crippen molar-refractivity contribution in [1.29, 1.82) is 0 Å². The van der Waals surface area contributed by atoms with Crippen molar-refractivity contribution in [3.8, 4) is 11.5 Å². The number of carbonyl (C=O) groups is 1. The van der Waals surface area contributed by atoms with Crippen LogP contribution in [-0.2, 0) is 0 Å². The van der Waals surface area contributed by atoms with Crippen LogP contribution >= 0.6 is 15.9 Å². The van der Waals surface area contributed by atoms with Crippen molar-refractivity contribution >= 4 is 27.5 Å². The van der Waals surface area contributed by atoms with Gasteiger partial charge in [-0.05, 0) is 18.2 Å². The quantitative estimate of drug-likeness (QED) is 0.672. The molecule has 0 aliphatic carbocycles. The Morgan fingerprint density at radius 1 is 1.29 bits per heavy atom. The molecule has 0 unspecified atom stereocenters. The molecule has 0 bridgehead atoms. The second-order valence-electron chi connectivity index (χ2n) is 4.01. The molecular formula is C13H8BrFN2O4. The summed E-state index contributed by atoms with van der Waals surface area (Å²) in [5.74, 6) is -1.30. The minimum Gasteiger partial charge on any atom is -0.456 e. The van der Waals surface area contributed by atoms with Gasteiger partial charge in [0.1, 0.15) is 17.3 Å². The predicted octanol–water partition coefficient (Wildman–Crippen LogP) is 3.39. The number of primary amides is 1. The van der Waals surface area contributed by atoms with Gasteiger partial charge in [-0.2, -0.15) is 0 Å². The average Bonchev–Trinajstić information content (AvgIpc) is 2.37. The van der Waals surface area contributed by atoms with E-state index in [-0.39, 0.29) is 22.7 Å². The van der Waals surface area contributed by atoms with E-state index in [0.29, 0.717) is 4.47 Å². The van der Waals surface area contributed by atoms with Crippen LogP contribution in [0.15, 0.2) is 40.9 Å². The lowest BCUT2D eigenvalue weighted by Crippen LogP contribution is -2.12. The molecule has 2 rings (SSSR count). The number of benzene rings is 2.